The Hall–Kier alpha value is -1.42. The van der Waals surface area contributed by atoms with Gasteiger partial charge >= 0.3 is 0 Å². The molecule has 0 saturated heterocycles. The normalized spacial score (nSPS) is 12.6. The summed E-state index contributed by atoms with van der Waals surface area (Å²) in [5.74, 6) is 1.70. The number of nitrogens with zero attached hydrogens (tertiary/aromatic N) is 1. The molecule has 0 aliphatic carbocycles. The van der Waals surface area contributed by atoms with E-state index in [-0.39, 0.29) is 5.56 Å². The Morgan fingerprint density at radius 1 is 1.37 bits per heavy atom. The minimum Gasteiger partial charge on any atom is -0.384 e. The van der Waals surface area contributed by atoms with Gasteiger partial charge in [-0.05, 0) is 24.0 Å². The van der Waals surface area contributed by atoms with Crippen molar-refractivity contribution in [2.45, 2.75) is 6.92 Å². The number of aryl methyl sites for hydroxylation is 1. The third-order valence-electron chi connectivity index (χ3n) is 3.25. The molecular weight excluding hydrogens is 256 g/mol. The van der Waals surface area contributed by atoms with Crippen LogP contribution in [0.2, 0.25) is 0 Å². The van der Waals surface area contributed by atoms with Gasteiger partial charge in [0.25, 0.3) is 5.56 Å². The number of rotatable bonds is 5. The highest BCUT2D eigenvalue weighted by atomic mass is 32.2. The van der Waals surface area contributed by atoms with Gasteiger partial charge in [0.15, 0.2) is 0 Å². The van der Waals surface area contributed by atoms with Crippen molar-refractivity contribution in [1.82, 2.24) is 4.57 Å². The van der Waals surface area contributed by atoms with E-state index >= 15 is 0 Å². The van der Waals surface area contributed by atoms with Crippen LogP contribution in [0.3, 0.4) is 0 Å². The number of hydrogen-bond donors (Lipinski definition) is 1. The molecule has 1 unspecified atom stereocenters. The maximum atomic E-state index is 11.9. The number of fused-ring (bicyclic) bond motifs is 1. The van der Waals surface area contributed by atoms with E-state index in [1.54, 1.807) is 10.6 Å². The van der Waals surface area contributed by atoms with Gasteiger partial charge in [0.2, 0.25) is 0 Å². The van der Waals surface area contributed by atoms with Crippen LogP contribution < -0.4 is 10.9 Å². The molecule has 0 bridgehead atoms. The quantitative estimate of drug-likeness (QED) is 0.911. The van der Waals surface area contributed by atoms with E-state index in [4.69, 9.17) is 0 Å². The molecule has 1 aromatic heterocycles. The number of nitrogens with one attached hydrogen (secondary N) is 1. The van der Waals surface area contributed by atoms with Crippen LogP contribution in [0.25, 0.3) is 10.9 Å². The van der Waals surface area contributed by atoms with Gasteiger partial charge in [0.1, 0.15) is 0 Å². The molecule has 3 nitrogen and oxygen atoms in total. The summed E-state index contributed by atoms with van der Waals surface area (Å²) in [6.07, 6.45) is 2.12. The van der Waals surface area contributed by atoms with Gasteiger partial charge in [0, 0.05) is 30.7 Å². The Kier molecular flexibility index (Phi) is 4.53. The number of benzene rings is 1. The number of hydrogen-bond acceptors (Lipinski definition) is 3. The van der Waals surface area contributed by atoms with Crippen molar-refractivity contribution in [3.05, 3.63) is 40.7 Å². The van der Waals surface area contributed by atoms with Crippen molar-refractivity contribution in [2.75, 3.05) is 23.9 Å². The van der Waals surface area contributed by atoms with Gasteiger partial charge in [-0.25, -0.2) is 0 Å². The van der Waals surface area contributed by atoms with Gasteiger partial charge in [-0.2, -0.15) is 11.8 Å². The van der Waals surface area contributed by atoms with Crippen LogP contribution in [0.1, 0.15) is 6.92 Å². The van der Waals surface area contributed by atoms with Crippen molar-refractivity contribution < 1.29 is 0 Å². The fourth-order valence-corrected chi connectivity index (χ4v) is 2.87. The van der Waals surface area contributed by atoms with E-state index in [1.165, 1.54) is 0 Å². The zero-order valence-electron chi connectivity index (χ0n) is 11.6. The Balaban J connectivity index is 2.33. The molecule has 1 N–H and O–H groups in total. The Morgan fingerprint density at radius 2 is 2.11 bits per heavy atom. The van der Waals surface area contributed by atoms with Crippen molar-refractivity contribution in [2.24, 2.45) is 13.0 Å². The maximum Gasteiger partial charge on any atom is 0.252 e. The molecule has 0 amide bonds. The lowest BCUT2D eigenvalue weighted by Crippen LogP contribution is -2.19. The van der Waals surface area contributed by atoms with E-state index in [0.717, 1.165) is 28.9 Å². The molecule has 4 heteroatoms. The summed E-state index contributed by atoms with van der Waals surface area (Å²) in [4.78, 5) is 11.9. The van der Waals surface area contributed by atoms with Gasteiger partial charge in [0.05, 0.1) is 5.52 Å². The van der Waals surface area contributed by atoms with Crippen molar-refractivity contribution in [3.8, 4) is 0 Å². The minimum atomic E-state index is 0.0266. The van der Waals surface area contributed by atoms with E-state index in [1.807, 2.05) is 37.0 Å². The standard InChI is InChI=1S/C15H20N2OS/c1-11(10-19-3)9-16-13-8-15(18)17(2)14-7-5-4-6-12(13)14/h4-8,11,16H,9-10H2,1-3H3. The highest BCUT2D eigenvalue weighted by Crippen LogP contribution is 2.21. The highest BCUT2D eigenvalue weighted by molar-refractivity contribution is 7.98. The Morgan fingerprint density at radius 3 is 2.84 bits per heavy atom. The van der Waals surface area contributed by atoms with Crippen molar-refractivity contribution in [3.63, 3.8) is 0 Å². The number of thioether (sulfide) groups is 1. The van der Waals surface area contributed by atoms with Crippen molar-refractivity contribution in [1.29, 1.82) is 0 Å². The van der Waals surface area contributed by atoms with Crippen LogP contribution in [0, 0.1) is 5.92 Å². The van der Waals surface area contributed by atoms with E-state index in [9.17, 15) is 4.79 Å². The summed E-state index contributed by atoms with van der Waals surface area (Å²) in [6, 6.07) is 9.68. The lowest BCUT2D eigenvalue weighted by molar-refractivity contribution is 0.702. The van der Waals surface area contributed by atoms with Crippen LogP contribution in [0.5, 0.6) is 0 Å². The summed E-state index contributed by atoms with van der Waals surface area (Å²) < 4.78 is 1.69. The third kappa shape index (κ3) is 3.13. The second-order valence-electron chi connectivity index (χ2n) is 4.91. The largest absolute Gasteiger partial charge is 0.384 e. The van der Waals surface area contributed by atoms with Gasteiger partial charge < -0.3 is 9.88 Å². The highest BCUT2D eigenvalue weighted by Gasteiger charge is 2.07. The van der Waals surface area contributed by atoms with E-state index in [0.29, 0.717) is 5.92 Å². The van der Waals surface area contributed by atoms with Crippen LogP contribution in [-0.2, 0) is 7.05 Å². The van der Waals surface area contributed by atoms with Gasteiger partial charge in [-0.3, -0.25) is 4.79 Å². The summed E-state index contributed by atoms with van der Waals surface area (Å²) in [7, 11) is 1.81. The molecule has 1 atom stereocenters. The lowest BCUT2D eigenvalue weighted by Gasteiger charge is -2.15. The number of anilines is 1. The molecule has 2 aromatic rings. The summed E-state index contributed by atoms with van der Waals surface area (Å²) in [5.41, 5.74) is 1.93. The van der Waals surface area contributed by atoms with Crippen molar-refractivity contribution >= 4 is 28.4 Å². The summed E-state index contributed by atoms with van der Waals surface area (Å²) >= 11 is 1.85. The predicted molar refractivity (Wildman–Crippen MR) is 85.2 cm³/mol. The van der Waals surface area contributed by atoms with Gasteiger partial charge in [-0.1, -0.05) is 25.1 Å². The molecule has 1 aromatic carbocycles. The molecule has 0 aliphatic heterocycles. The van der Waals surface area contributed by atoms with Crippen LogP contribution in [-0.4, -0.2) is 23.1 Å². The summed E-state index contributed by atoms with van der Waals surface area (Å²) in [6.45, 7) is 3.10. The molecule has 102 valence electrons. The van der Waals surface area contributed by atoms with Crippen LogP contribution in [0.4, 0.5) is 5.69 Å². The van der Waals surface area contributed by atoms with Crippen LogP contribution >= 0.6 is 11.8 Å². The molecular formula is C15H20N2OS. The molecule has 2 rings (SSSR count). The SMILES string of the molecule is CSCC(C)CNc1cc(=O)n(C)c2ccccc12. The second-order valence-corrected chi connectivity index (χ2v) is 5.82. The van der Waals surface area contributed by atoms with Gasteiger partial charge in [-0.15, -0.1) is 0 Å². The maximum absolute atomic E-state index is 11.9. The third-order valence-corrected chi connectivity index (χ3v) is 4.15. The lowest BCUT2D eigenvalue weighted by atomic mass is 10.1. The minimum absolute atomic E-state index is 0.0266. The first-order chi connectivity index (χ1) is 9.13. The fourth-order valence-electron chi connectivity index (χ4n) is 2.18. The molecule has 1 heterocycles. The predicted octanol–water partition coefficient (Wildman–Crippen LogP) is 2.95. The molecule has 0 aliphatic rings. The number of para-hydroxylation sites is 1. The first kappa shape index (κ1) is 14.0. The molecule has 0 fully saturated rings. The van der Waals surface area contributed by atoms with E-state index in [2.05, 4.69) is 24.6 Å². The topological polar surface area (TPSA) is 34.0 Å². The second kappa shape index (κ2) is 6.15. The zero-order valence-corrected chi connectivity index (χ0v) is 12.5. The monoisotopic (exact) mass is 276 g/mol. The fraction of sp³-hybridized carbons (Fsp3) is 0.400. The number of pyridine rings is 1. The van der Waals surface area contributed by atoms with Crippen LogP contribution in [0.15, 0.2) is 35.1 Å². The Labute approximate surface area is 118 Å². The number of aromatic nitrogens is 1. The zero-order chi connectivity index (χ0) is 13.8. The molecule has 0 saturated carbocycles. The first-order valence-electron chi connectivity index (χ1n) is 6.45. The average molecular weight is 276 g/mol. The average Bonchev–Trinajstić information content (AvgIpc) is 2.42. The smallest absolute Gasteiger partial charge is 0.252 e. The molecule has 0 spiro atoms. The van der Waals surface area contributed by atoms with E-state index < -0.39 is 0 Å². The summed E-state index contributed by atoms with van der Waals surface area (Å²) in [5, 5.41) is 4.51. The molecule has 19 heavy (non-hydrogen) atoms. The molecule has 0 radical (unpaired) electrons. The Bertz CT molecular complexity index is 621. The first-order valence-corrected chi connectivity index (χ1v) is 7.84.